The minimum Gasteiger partial charge on any atom is -0.497 e. The number of aromatic nitrogens is 2. The SMILES string of the molecule is COc1ccc(CNc2nc(C)cc(NCCOc3ccc(OC)cc3)n2)cc1. The minimum absolute atomic E-state index is 0.518. The average Bonchev–Trinajstić information content (AvgIpc) is 2.76. The zero-order valence-electron chi connectivity index (χ0n) is 16.9. The van der Waals surface area contributed by atoms with Crippen molar-refractivity contribution in [2.24, 2.45) is 0 Å². The second-order valence-electron chi connectivity index (χ2n) is 6.37. The Labute approximate surface area is 171 Å². The molecule has 0 saturated carbocycles. The summed E-state index contributed by atoms with van der Waals surface area (Å²) < 4.78 is 16.0. The molecule has 7 heteroatoms. The van der Waals surface area contributed by atoms with Gasteiger partial charge in [0.1, 0.15) is 29.7 Å². The lowest BCUT2D eigenvalue weighted by Gasteiger charge is -2.11. The van der Waals surface area contributed by atoms with Crippen molar-refractivity contribution in [2.75, 3.05) is 38.0 Å². The molecular weight excluding hydrogens is 368 g/mol. The number of rotatable bonds is 10. The maximum absolute atomic E-state index is 5.72. The largest absolute Gasteiger partial charge is 0.497 e. The van der Waals surface area contributed by atoms with Crippen molar-refractivity contribution in [1.82, 2.24) is 9.97 Å². The molecule has 2 N–H and O–H groups in total. The number of anilines is 2. The molecular formula is C22H26N4O3. The van der Waals surface area contributed by atoms with E-state index in [4.69, 9.17) is 14.2 Å². The van der Waals surface area contributed by atoms with Crippen molar-refractivity contribution in [3.05, 3.63) is 65.9 Å². The second kappa shape index (κ2) is 10.2. The van der Waals surface area contributed by atoms with Gasteiger partial charge in [-0.05, 0) is 48.9 Å². The number of hydrogen-bond acceptors (Lipinski definition) is 7. The third kappa shape index (κ3) is 6.27. The summed E-state index contributed by atoms with van der Waals surface area (Å²) in [6.07, 6.45) is 0. The quantitative estimate of drug-likeness (QED) is 0.505. The number of benzene rings is 2. The van der Waals surface area contributed by atoms with E-state index >= 15 is 0 Å². The molecule has 3 rings (SSSR count). The predicted molar refractivity (Wildman–Crippen MR) is 114 cm³/mol. The van der Waals surface area contributed by atoms with Gasteiger partial charge in [0, 0.05) is 18.3 Å². The van der Waals surface area contributed by atoms with E-state index in [2.05, 4.69) is 20.6 Å². The van der Waals surface area contributed by atoms with Gasteiger partial charge >= 0.3 is 0 Å². The van der Waals surface area contributed by atoms with Crippen LogP contribution in [0.1, 0.15) is 11.3 Å². The summed E-state index contributed by atoms with van der Waals surface area (Å²) >= 11 is 0. The van der Waals surface area contributed by atoms with Crippen molar-refractivity contribution < 1.29 is 14.2 Å². The molecule has 0 spiro atoms. The van der Waals surface area contributed by atoms with Crippen LogP contribution in [0, 0.1) is 6.92 Å². The highest BCUT2D eigenvalue weighted by Crippen LogP contribution is 2.17. The molecule has 7 nitrogen and oxygen atoms in total. The number of methoxy groups -OCH3 is 2. The predicted octanol–water partition coefficient (Wildman–Crippen LogP) is 3.91. The number of nitrogens with zero attached hydrogens (tertiary/aromatic N) is 2. The molecule has 1 heterocycles. The van der Waals surface area contributed by atoms with Crippen molar-refractivity contribution in [3.63, 3.8) is 0 Å². The molecule has 0 saturated heterocycles. The van der Waals surface area contributed by atoms with Crippen LogP contribution in [0.25, 0.3) is 0 Å². The molecule has 0 aliphatic carbocycles. The molecule has 0 amide bonds. The van der Waals surface area contributed by atoms with Crippen LogP contribution in [0.15, 0.2) is 54.6 Å². The lowest BCUT2D eigenvalue weighted by Crippen LogP contribution is -2.14. The van der Waals surface area contributed by atoms with Gasteiger partial charge in [-0.1, -0.05) is 12.1 Å². The fraction of sp³-hybridized carbons (Fsp3) is 0.273. The summed E-state index contributed by atoms with van der Waals surface area (Å²) in [5.41, 5.74) is 2.01. The third-order valence-electron chi connectivity index (χ3n) is 4.20. The Bertz CT molecular complexity index is 899. The Morgan fingerprint density at radius 2 is 1.41 bits per heavy atom. The van der Waals surface area contributed by atoms with Crippen LogP contribution in [0.5, 0.6) is 17.2 Å². The van der Waals surface area contributed by atoms with Gasteiger partial charge in [-0.25, -0.2) is 4.98 Å². The minimum atomic E-state index is 0.518. The van der Waals surface area contributed by atoms with E-state index in [0.29, 0.717) is 25.6 Å². The van der Waals surface area contributed by atoms with Gasteiger partial charge in [-0.2, -0.15) is 4.98 Å². The van der Waals surface area contributed by atoms with E-state index in [9.17, 15) is 0 Å². The molecule has 1 aromatic heterocycles. The highest BCUT2D eigenvalue weighted by Gasteiger charge is 2.03. The van der Waals surface area contributed by atoms with E-state index < -0.39 is 0 Å². The fourth-order valence-electron chi connectivity index (χ4n) is 2.68. The second-order valence-corrected chi connectivity index (χ2v) is 6.37. The van der Waals surface area contributed by atoms with Gasteiger partial charge in [0.15, 0.2) is 0 Å². The first-order valence-electron chi connectivity index (χ1n) is 9.39. The zero-order chi connectivity index (χ0) is 20.5. The summed E-state index contributed by atoms with van der Waals surface area (Å²) in [6.45, 7) is 3.72. The van der Waals surface area contributed by atoms with Crippen LogP contribution in [0.3, 0.4) is 0 Å². The lowest BCUT2D eigenvalue weighted by molar-refractivity contribution is 0.331. The summed E-state index contributed by atoms with van der Waals surface area (Å²) in [6, 6.07) is 17.3. The van der Waals surface area contributed by atoms with Crippen LogP contribution >= 0.6 is 0 Å². The summed E-state index contributed by atoms with van der Waals surface area (Å²) in [7, 11) is 3.30. The fourth-order valence-corrected chi connectivity index (χ4v) is 2.68. The van der Waals surface area contributed by atoms with Crippen molar-refractivity contribution in [1.29, 1.82) is 0 Å². The van der Waals surface area contributed by atoms with Crippen LogP contribution in [-0.2, 0) is 6.54 Å². The molecule has 0 unspecified atom stereocenters. The normalized spacial score (nSPS) is 10.3. The first-order chi connectivity index (χ1) is 14.2. The monoisotopic (exact) mass is 394 g/mol. The first kappa shape index (κ1) is 20.3. The van der Waals surface area contributed by atoms with Gasteiger partial charge in [-0.15, -0.1) is 0 Å². The third-order valence-corrected chi connectivity index (χ3v) is 4.20. The van der Waals surface area contributed by atoms with Crippen LogP contribution < -0.4 is 24.8 Å². The summed E-state index contributed by atoms with van der Waals surface area (Å²) in [4.78, 5) is 8.96. The van der Waals surface area contributed by atoms with Crippen LogP contribution in [0.4, 0.5) is 11.8 Å². The van der Waals surface area contributed by atoms with Crippen molar-refractivity contribution in [2.45, 2.75) is 13.5 Å². The maximum atomic E-state index is 5.72. The van der Waals surface area contributed by atoms with Crippen LogP contribution in [-0.4, -0.2) is 37.3 Å². The highest BCUT2D eigenvalue weighted by atomic mass is 16.5. The molecule has 29 heavy (non-hydrogen) atoms. The molecule has 0 bridgehead atoms. The first-order valence-corrected chi connectivity index (χ1v) is 9.39. The Morgan fingerprint density at radius 1 is 0.793 bits per heavy atom. The lowest BCUT2D eigenvalue weighted by atomic mass is 10.2. The van der Waals surface area contributed by atoms with Gasteiger partial charge in [-0.3, -0.25) is 0 Å². The maximum Gasteiger partial charge on any atom is 0.225 e. The Morgan fingerprint density at radius 3 is 2.07 bits per heavy atom. The van der Waals surface area contributed by atoms with Gasteiger partial charge in [0.05, 0.1) is 20.8 Å². The molecule has 3 aromatic rings. The molecule has 0 fully saturated rings. The number of hydrogen-bond donors (Lipinski definition) is 2. The topological polar surface area (TPSA) is 77.5 Å². The molecule has 0 aliphatic heterocycles. The zero-order valence-corrected chi connectivity index (χ0v) is 16.9. The summed E-state index contributed by atoms with van der Waals surface area (Å²) in [5, 5.41) is 6.54. The van der Waals surface area contributed by atoms with Gasteiger partial charge < -0.3 is 24.8 Å². The smallest absolute Gasteiger partial charge is 0.225 e. The Hall–Kier alpha value is -3.48. The van der Waals surface area contributed by atoms with Crippen molar-refractivity contribution in [3.8, 4) is 17.2 Å². The number of nitrogens with one attached hydrogen (secondary N) is 2. The van der Waals surface area contributed by atoms with E-state index in [-0.39, 0.29) is 0 Å². The van der Waals surface area contributed by atoms with Crippen LogP contribution in [0.2, 0.25) is 0 Å². The van der Waals surface area contributed by atoms with Gasteiger partial charge in [0.2, 0.25) is 5.95 Å². The Balaban J connectivity index is 1.48. The highest BCUT2D eigenvalue weighted by molar-refractivity contribution is 5.42. The number of aryl methyl sites for hydroxylation is 1. The van der Waals surface area contributed by atoms with Crippen molar-refractivity contribution >= 4 is 11.8 Å². The van der Waals surface area contributed by atoms with Gasteiger partial charge in [0.25, 0.3) is 0 Å². The summed E-state index contributed by atoms with van der Waals surface area (Å²) in [5.74, 6) is 3.78. The van der Waals surface area contributed by atoms with E-state index in [1.54, 1.807) is 14.2 Å². The standard InChI is InChI=1S/C22H26N4O3/c1-16-14-21(23-12-13-29-20-10-8-19(28-3)9-11-20)26-22(25-16)24-15-17-4-6-18(27-2)7-5-17/h4-11,14H,12-13,15H2,1-3H3,(H2,23,24,25,26). The Kier molecular flexibility index (Phi) is 7.10. The molecule has 2 aromatic carbocycles. The molecule has 0 aliphatic rings. The average molecular weight is 394 g/mol. The number of ether oxygens (including phenoxy) is 3. The van der Waals surface area contributed by atoms with E-state index in [1.165, 1.54) is 0 Å². The molecule has 0 atom stereocenters. The molecule has 0 radical (unpaired) electrons. The van der Waals surface area contributed by atoms with E-state index in [1.807, 2.05) is 61.5 Å². The molecule has 152 valence electrons. The van der Waals surface area contributed by atoms with E-state index in [0.717, 1.165) is 34.3 Å².